The molecular formula is C12H22N2O2. The summed E-state index contributed by atoms with van der Waals surface area (Å²) < 4.78 is 0. The highest BCUT2D eigenvalue weighted by atomic mass is 16.4. The molecule has 2 rings (SSSR count). The second kappa shape index (κ2) is 4.34. The Morgan fingerprint density at radius 1 is 1.31 bits per heavy atom. The summed E-state index contributed by atoms with van der Waals surface area (Å²) in [6.45, 7) is 3.92. The quantitative estimate of drug-likeness (QED) is 0.748. The average Bonchev–Trinajstić information content (AvgIpc) is 3.12. The molecule has 4 nitrogen and oxygen atoms in total. The third-order valence-corrected chi connectivity index (χ3v) is 4.39. The smallest absolute Gasteiger partial charge is 0.324 e. The Kier molecular flexibility index (Phi) is 3.22. The van der Waals surface area contributed by atoms with Gasteiger partial charge in [-0.25, -0.2) is 0 Å². The maximum atomic E-state index is 11.5. The summed E-state index contributed by atoms with van der Waals surface area (Å²) in [5.74, 6) is -0.305. The molecule has 2 fully saturated rings. The standard InChI is InChI=1S/C12H22N2O2/c1-12(11(15)16,9-3-4-9)14(2)10-5-7-13-8-6-10/h9-10,13H,3-8H2,1-2H3,(H,15,16). The first-order valence-electron chi connectivity index (χ1n) is 6.24. The zero-order chi connectivity index (χ0) is 11.8. The molecule has 0 spiro atoms. The number of nitrogens with zero attached hydrogens (tertiary/aromatic N) is 1. The molecular weight excluding hydrogens is 204 g/mol. The number of rotatable bonds is 4. The molecule has 2 N–H and O–H groups in total. The summed E-state index contributed by atoms with van der Waals surface area (Å²) in [7, 11) is 1.99. The van der Waals surface area contributed by atoms with Gasteiger partial charge >= 0.3 is 5.97 Å². The Bertz CT molecular complexity index is 272. The van der Waals surface area contributed by atoms with Crippen molar-refractivity contribution in [2.45, 2.75) is 44.2 Å². The Hall–Kier alpha value is -0.610. The molecule has 1 saturated carbocycles. The molecule has 0 bridgehead atoms. The molecule has 0 aromatic carbocycles. The van der Waals surface area contributed by atoms with E-state index in [9.17, 15) is 9.90 Å². The lowest BCUT2D eigenvalue weighted by atomic mass is 9.90. The summed E-state index contributed by atoms with van der Waals surface area (Å²) in [5.41, 5.74) is -0.651. The van der Waals surface area contributed by atoms with Crippen molar-refractivity contribution in [2.75, 3.05) is 20.1 Å². The summed E-state index contributed by atoms with van der Waals surface area (Å²) in [5, 5.41) is 12.8. The van der Waals surface area contributed by atoms with E-state index in [0.29, 0.717) is 12.0 Å². The van der Waals surface area contributed by atoms with Crippen molar-refractivity contribution >= 4 is 5.97 Å². The maximum absolute atomic E-state index is 11.5. The first-order valence-corrected chi connectivity index (χ1v) is 6.24. The van der Waals surface area contributed by atoms with Gasteiger partial charge in [-0.1, -0.05) is 0 Å². The van der Waals surface area contributed by atoms with Crippen molar-refractivity contribution in [3.63, 3.8) is 0 Å². The Morgan fingerprint density at radius 3 is 2.31 bits per heavy atom. The second-order valence-electron chi connectivity index (χ2n) is 5.32. The van der Waals surface area contributed by atoms with Crippen molar-refractivity contribution in [3.05, 3.63) is 0 Å². The van der Waals surface area contributed by atoms with Crippen molar-refractivity contribution in [1.82, 2.24) is 10.2 Å². The van der Waals surface area contributed by atoms with E-state index in [2.05, 4.69) is 10.2 Å². The van der Waals surface area contributed by atoms with E-state index in [1.807, 2.05) is 14.0 Å². The normalized spacial score (nSPS) is 26.7. The minimum Gasteiger partial charge on any atom is -0.480 e. The number of carboxylic acids is 1. The lowest BCUT2D eigenvalue weighted by molar-refractivity contribution is -0.153. The van der Waals surface area contributed by atoms with E-state index in [4.69, 9.17) is 0 Å². The van der Waals surface area contributed by atoms with Crippen molar-refractivity contribution in [3.8, 4) is 0 Å². The third kappa shape index (κ3) is 1.96. The van der Waals surface area contributed by atoms with Gasteiger partial charge in [-0.2, -0.15) is 0 Å². The van der Waals surface area contributed by atoms with Crippen LogP contribution < -0.4 is 5.32 Å². The number of hydrogen-bond donors (Lipinski definition) is 2. The van der Waals surface area contributed by atoms with Crippen LogP contribution in [0.15, 0.2) is 0 Å². The van der Waals surface area contributed by atoms with Crippen LogP contribution in [-0.4, -0.2) is 47.7 Å². The summed E-state index contributed by atoms with van der Waals surface area (Å²) in [4.78, 5) is 13.6. The Morgan fingerprint density at radius 2 is 1.88 bits per heavy atom. The number of hydrogen-bond acceptors (Lipinski definition) is 3. The van der Waals surface area contributed by atoms with E-state index in [1.54, 1.807) is 0 Å². The van der Waals surface area contributed by atoms with Crippen molar-refractivity contribution < 1.29 is 9.90 Å². The van der Waals surface area contributed by atoms with Gasteiger partial charge in [0.15, 0.2) is 0 Å². The highest BCUT2D eigenvalue weighted by molar-refractivity contribution is 5.79. The van der Waals surface area contributed by atoms with Crippen LogP contribution in [0, 0.1) is 5.92 Å². The fourth-order valence-corrected chi connectivity index (χ4v) is 2.83. The third-order valence-electron chi connectivity index (χ3n) is 4.39. The van der Waals surface area contributed by atoms with Gasteiger partial charge in [0.25, 0.3) is 0 Å². The van der Waals surface area contributed by atoms with Crippen LogP contribution in [-0.2, 0) is 4.79 Å². The van der Waals surface area contributed by atoms with Gasteiger partial charge in [0.05, 0.1) is 0 Å². The van der Waals surface area contributed by atoms with Gasteiger partial charge in [0, 0.05) is 6.04 Å². The van der Waals surface area contributed by atoms with E-state index in [0.717, 1.165) is 38.8 Å². The first kappa shape index (κ1) is 11.9. The molecule has 1 saturated heterocycles. The van der Waals surface area contributed by atoms with Crippen LogP contribution in [0.5, 0.6) is 0 Å². The first-order chi connectivity index (χ1) is 7.56. The summed E-state index contributed by atoms with van der Waals surface area (Å²) in [6.07, 6.45) is 4.26. The number of aliphatic carboxylic acids is 1. The molecule has 0 aromatic heterocycles. The van der Waals surface area contributed by atoms with Gasteiger partial charge in [-0.05, 0) is 58.7 Å². The average molecular weight is 226 g/mol. The lowest BCUT2D eigenvalue weighted by Crippen LogP contribution is -2.58. The zero-order valence-corrected chi connectivity index (χ0v) is 10.2. The van der Waals surface area contributed by atoms with Gasteiger partial charge in [0.1, 0.15) is 5.54 Å². The van der Waals surface area contributed by atoms with E-state index < -0.39 is 11.5 Å². The van der Waals surface area contributed by atoms with Crippen LogP contribution in [0.1, 0.15) is 32.6 Å². The van der Waals surface area contributed by atoms with Crippen LogP contribution in [0.25, 0.3) is 0 Å². The summed E-state index contributed by atoms with van der Waals surface area (Å²) in [6, 6.07) is 0.419. The van der Waals surface area contributed by atoms with E-state index in [-0.39, 0.29) is 0 Å². The van der Waals surface area contributed by atoms with Gasteiger partial charge in [-0.15, -0.1) is 0 Å². The molecule has 1 heterocycles. The topological polar surface area (TPSA) is 52.6 Å². The minimum atomic E-state index is -0.656. The van der Waals surface area contributed by atoms with E-state index >= 15 is 0 Å². The molecule has 16 heavy (non-hydrogen) atoms. The molecule has 92 valence electrons. The monoisotopic (exact) mass is 226 g/mol. The van der Waals surface area contributed by atoms with Crippen LogP contribution >= 0.6 is 0 Å². The predicted molar refractivity (Wildman–Crippen MR) is 62.4 cm³/mol. The molecule has 1 atom stereocenters. The van der Waals surface area contributed by atoms with E-state index in [1.165, 1.54) is 0 Å². The molecule has 0 amide bonds. The van der Waals surface area contributed by atoms with Gasteiger partial charge in [-0.3, -0.25) is 9.69 Å². The van der Waals surface area contributed by atoms with Gasteiger partial charge in [0.2, 0.25) is 0 Å². The highest BCUT2D eigenvalue weighted by Gasteiger charge is 2.51. The Labute approximate surface area is 97.0 Å². The molecule has 0 radical (unpaired) electrons. The number of likely N-dealkylation sites (N-methyl/N-ethyl adjacent to an activating group) is 1. The molecule has 2 aliphatic rings. The Balaban J connectivity index is 2.09. The largest absolute Gasteiger partial charge is 0.480 e. The molecule has 1 unspecified atom stereocenters. The summed E-state index contributed by atoms with van der Waals surface area (Å²) >= 11 is 0. The number of nitrogens with one attached hydrogen (secondary N) is 1. The van der Waals surface area contributed by atoms with Crippen molar-refractivity contribution in [2.24, 2.45) is 5.92 Å². The lowest BCUT2D eigenvalue weighted by Gasteiger charge is -2.42. The SMILES string of the molecule is CN(C1CCNCC1)C(C)(C(=O)O)C1CC1. The fraction of sp³-hybridized carbons (Fsp3) is 0.917. The minimum absolute atomic E-state index is 0.352. The number of piperidine rings is 1. The van der Waals surface area contributed by atoms with Gasteiger partial charge < -0.3 is 10.4 Å². The van der Waals surface area contributed by atoms with Crippen LogP contribution in [0.2, 0.25) is 0 Å². The van der Waals surface area contributed by atoms with Crippen LogP contribution in [0.4, 0.5) is 0 Å². The fourth-order valence-electron chi connectivity index (χ4n) is 2.83. The molecule has 1 aliphatic carbocycles. The number of carbonyl (C=O) groups is 1. The zero-order valence-electron chi connectivity index (χ0n) is 10.2. The second-order valence-corrected chi connectivity index (χ2v) is 5.32. The van der Waals surface area contributed by atoms with Crippen LogP contribution in [0.3, 0.4) is 0 Å². The number of carboxylic acid groups (broad SMARTS) is 1. The molecule has 1 aliphatic heterocycles. The van der Waals surface area contributed by atoms with Crippen molar-refractivity contribution in [1.29, 1.82) is 0 Å². The predicted octanol–water partition coefficient (Wildman–Crippen LogP) is 0.923. The molecule has 4 heteroatoms. The maximum Gasteiger partial charge on any atom is 0.324 e. The molecule has 0 aromatic rings. The highest BCUT2D eigenvalue weighted by Crippen LogP contribution is 2.44.